The van der Waals surface area contributed by atoms with Crippen LogP contribution in [-0.2, 0) is 10.0 Å². The highest BCUT2D eigenvalue weighted by Gasteiger charge is 2.19. The first-order valence-corrected chi connectivity index (χ1v) is 7.54. The molecule has 2 aromatic rings. The molecule has 2 rings (SSSR count). The fraction of sp³-hybridized carbons (Fsp3) is 0.0909. The molecular weight excluding hydrogens is 332 g/mol. The molecule has 0 saturated carbocycles. The Morgan fingerprint density at radius 1 is 1.37 bits per heavy atom. The van der Waals surface area contributed by atoms with Crippen molar-refractivity contribution in [3.8, 4) is 0 Å². The van der Waals surface area contributed by atoms with Gasteiger partial charge in [0.1, 0.15) is 0 Å². The molecule has 8 heteroatoms. The van der Waals surface area contributed by atoms with Crippen molar-refractivity contribution < 1.29 is 8.42 Å². The van der Waals surface area contributed by atoms with Crippen LogP contribution in [0, 0.1) is 6.92 Å². The number of nitrogen functional groups attached to an aromatic ring is 1. The number of rotatable bonds is 3. The van der Waals surface area contributed by atoms with Gasteiger partial charge in [-0.2, -0.15) is 5.10 Å². The summed E-state index contributed by atoms with van der Waals surface area (Å²) in [5.74, 6) is 0.153. The largest absolute Gasteiger partial charge is 0.398 e. The van der Waals surface area contributed by atoms with Gasteiger partial charge in [0.15, 0.2) is 5.82 Å². The molecule has 0 aliphatic heterocycles. The molecule has 0 unspecified atom stereocenters. The molecule has 0 aliphatic carbocycles. The summed E-state index contributed by atoms with van der Waals surface area (Å²) in [6.07, 6.45) is 1.46. The molecule has 0 amide bonds. The lowest BCUT2D eigenvalue weighted by molar-refractivity contribution is 0.600. The summed E-state index contributed by atoms with van der Waals surface area (Å²) in [5.41, 5.74) is 6.64. The molecule has 0 radical (unpaired) electrons. The van der Waals surface area contributed by atoms with Gasteiger partial charge in [-0.05, 0) is 36.8 Å². The van der Waals surface area contributed by atoms with Crippen LogP contribution < -0.4 is 10.5 Å². The average molecular weight is 343 g/mol. The van der Waals surface area contributed by atoms with Crippen LogP contribution in [0.25, 0.3) is 0 Å². The Kier molecular flexibility index (Phi) is 3.72. The Balaban J connectivity index is 2.46. The number of nitrogens with one attached hydrogen (secondary N) is 1. The van der Waals surface area contributed by atoms with Gasteiger partial charge in [-0.25, -0.2) is 8.42 Å². The fourth-order valence-electron chi connectivity index (χ4n) is 1.50. The van der Waals surface area contributed by atoms with Crippen LogP contribution in [0.4, 0.5) is 11.5 Å². The van der Waals surface area contributed by atoms with Crippen LogP contribution in [0.2, 0.25) is 0 Å². The minimum Gasteiger partial charge on any atom is -0.398 e. The summed E-state index contributed by atoms with van der Waals surface area (Å²) in [6.45, 7) is 1.65. The predicted octanol–water partition coefficient (Wildman–Crippen LogP) is 1.93. The minimum atomic E-state index is -3.75. The number of halogens is 1. The van der Waals surface area contributed by atoms with Crippen LogP contribution in [0.15, 0.2) is 39.8 Å². The van der Waals surface area contributed by atoms with Crippen LogP contribution >= 0.6 is 15.9 Å². The van der Waals surface area contributed by atoms with Crippen molar-refractivity contribution in [2.45, 2.75) is 11.8 Å². The van der Waals surface area contributed by atoms with E-state index in [0.29, 0.717) is 15.7 Å². The molecule has 100 valence electrons. The van der Waals surface area contributed by atoms with E-state index in [4.69, 9.17) is 5.73 Å². The summed E-state index contributed by atoms with van der Waals surface area (Å²) in [5, 5.41) is 7.29. The van der Waals surface area contributed by atoms with Gasteiger partial charge in [0, 0.05) is 16.4 Å². The number of hydrogen-bond acceptors (Lipinski definition) is 5. The van der Waals surface area contributed by atoms with E-state index in [2.05, 4.69) is 30.8 Å². The maximum absolute atomic E-state index is 12.3. The summed E-state index contributed by atoms with van der Waals surface area (Å²) >= 11 is 3.22. The number of hydrogen-bond donors (Lipinski definition) is 2. The molecule has 0 bridgehead atoms. The quantitative estimate of drug-likeness (QED) is 0.830. The van der Waals surface area contributed by atoms with Gasteiger partial charge >= 0.3 is 0 Å². The zero-order chi connectivity index (χ0) is 14.0. The molecule has 19 heavy (non-hydrogen) atoms. The van der Waals surface area contributed by atoms with Crippen LogP contribution in [0.1, 0.15) is 5.56 Å². The van der Waals surface area contributed by atoms with E-state index in [9.17, 15) is 8.42 Å². The van der Waals surface area contributed by atoms with Crippen LogP contribution in [0.5, 0.6) is 0 Å². The van der Waals surface area contributed by atoms with Gasteiger partial charge in [0.2, 0.25) is 0 Å². The monoisotopic (exact) mass is 342 g/mol. The molecule has 0 spiro atoms. The van der Waals surface area contributed by atoms with Crippen molar-refractivity contribution in [1.82, 2.24) is 10.2 Å². The van der Waals surface area contributed by atoms with E-state index in [1.54, 1.807) is 19.1 Å². The summed E-state index contributed by atoms with van der Waals surface area (Å²) in [6, 6.07) is 6.25. The second-order valence-corrected chi connectivity index (χ2v) is 6.40. The number of anilines is 2. The lowest BCUT2D eigenvalue weighted by atomic mass is 10.2. The first-order valence-electron chi connectivity index (χ1n) is 5.26. The molecule has 3 N–H and O–H groups in total. The second kappa shape index (κ2) is 5.14. The van der Waals surface area contributed by atoms with Gasteiger partial charge in [-0.15, -0.1) is 5.10 Å². The third-order valence-electron chi connectivity index (χ3n) is 2.47. The molecule has 1 aromatic heterocycles. The standard InChI is InChI=1S/C11H11BrN4O2S/c1-7-9(13)5-8(12)6-10(7)19(17,18)16-11-3-2-4-14-15-11/h2-6H,13H2,1H3,(H,15,16). The fourth-order valence-corrected chi connectivity index (χ4v) is 3.43. The average Bonchev–Trinajstić information content (AvgIpc) is 2.34. The van der Waals surface area contributed by atoms with Crippen molar-refractivity contribution in [2.24, 2.45) is 0 Å². The van der Waals surface area contributed by atoms with E-state index in [1.165, 1.54) is 18.3 Å². The van der Waals surface area contributed by atoms with Crippen LogP contribution in [-0.4, -0.2) is 18.6 Å². The highest BCUT2D eigenvalue weighted by molar-refractivity contribution is 9.10. The van der Waals surface area contributed by atoms with Gasteiger partial charge in [-0.3, -0.25) is 4.72 Å². The molecule has 0 saturated heterocycles. The smallest absolute Gasteiger partial charge is 0.263 e. The Bertz CT molecular complexity index is 704. The van der Waals surface area contributed by atoms with E-state index >= 15 is 0 Å². The second-order valence-electron chi connectivity index (χ2n) is 3.83. The van der Waals surface area contributed by atoms with E-state index in [-0.39, 0.29) is 10.7 Å². The van der Waals surface area contributed by atoms with Crippen molar-refractivity contribution in [3.63, 3.8) is 0 Å². The van der Waals surface area contributed by atoms with Crippen molar-refractivity contribution in [1.29, 1.82) is 0 Å². The SMILES string of the molecule is Cc1c(N)cc(Br)cc1S(=O)(=O)Nc1cccnn1. The summed E-state index contributed by atoms with van der Waals surface area (Å²) in [7, 11) is -3.75. The predicted molar refractivity (Wildman–Crippen MR) is 76.1 cm³/mol. The topological polar surface area (TPSA) is 98.0 Å². The number of aromatic nitrogens is 2. The first kappa shape index (κ1) is 13.8. The lowest BCUT2D eigenvalue weighted by Crippen LogP contribution is -2.16. The van der Waals surface area contributed by atoms with E-state index in [1.807, 2.05) is 0 Å². The molecule has 6 nitrogen and oxygen atoms in total. The first-order chi connectivity index (χ1) is 8.90. The van der Waals surface area contributed by atoms with E-state index < -0.39 is 10.0 Å². The molecule has 0 atom stereocenters. The highest BCUT2D eigenvalue weighted by Crippen LogP contribution is 2.27. The Morgan fingerprint density at radius 3 is 2.74 bits per heavy atom. The lowest BCUT2D eigenvalue weighted by Gasteiger charge is -2.11. The highest BCUT2D eigenvalue weighted by atomic mass is 79.9. The Hall–Kier alpha value is -1.67. The maximum Gasteiger partial charge on any atom is 0.263 e. The number of sulfonamides is 1. The molecule has 1 heterocycles. The Labute approximate surface area is 119 Å². The molecule has 1 aromatic carbocycles. The maximum atomic E-state index is 12.3. The molecule has 0 fully saturated rings. The Morgan fingerprint density at radius 2 is 2.11 bits per heavy atom. The van der Waals surface area contributed by atoms with Crippen molar-refractivity contribution in [2.75, 3.05) is 10.5 Å². The van der Waals surface area contributed by atoms with Gasteiger partial charge in [-0.1, -0.05) is 15.9 Å². The van der Waals surface area contributed by atoms with Gasteiger partial charge in [0.05, 0.1) is 4.90 Å². The zero-order valence-electron chi connectivity index (χ0n) is 9.96. The zero-order valence-corrected chi connectivity index (χ0v) is 12.4. The number of benzene rings is 1. The number of nitrogens with zero attached hydrogens (tertiary/aromatic N) is 2. The van der Waals surface area contributed by atoms with Crippen LogP contribution in [0.3, 0.4) is 0 Å². The third-order valence-corrected chi connectivity index (χ3v) is 4.40. The summed E-state index contributed by atoms with van der Waals surface area (Å²) in [4.78, 5) is 0.102. The number of nitrogens with two attached hydrogens (primary N) is 1. The minimum absolute atomic E-state index is 0.102. The van der Waals surface area contributed by atoms with E-state index in [0.717, 1.165) is 0 Å². The van der Waals surface area contributed by atoms with Crippen molar-refractivity contribution in [3.05, 3.63) is 40.5 Å². The summed E-state index contributed by atoms with van der Waals surface area (Å²) < 4.78 is 27.5. The normalized spacial score (nSPS) is 11.3. The molecular formula is C11H11BrN4O2S. The van der Waals surface area contributed by atoms with Crippen molar-refractivity contribution >= 4 is 37.5 Å². The van der Waals surface area contributed by atoms with Gasteiger partial charge in [0.25, 0.3) is 10.0 Å². The third kappa shape index (κ3) is 3.02. The molecule has 0 aliphatic rings. The van der Waals surface area contributed by atoms with Gasteiger partial charge < -0.3 is 5.73 Å².